The Morgan fingerprint density at radius 1 is 1.09 bits per heavy atom. The van der Waals surface area contributed by atoms with Crippen LogP contribution in [0.15, 0.2) is 53.5 Å². The van der Waals surface area contributed by atoms with E-state index in [1.54, 1.807) is 31.3 Å². The number of amides is 2. The summed E-state index contributed by atoms with van der Waals surface area (Å²) in [6.45, 7) is 0. The Morgan fingerprint density at radius 2 is 1.77 bits per heavy atom. The van der Waals surface area contributed by atoms with Crippen molar-refractivity contribution in [2.24, 2.45) is 7.05 Å². The molecule has 0 saturated heterocycles. The van der Waals surface area contributed by atoms with Gasteiger partial charge in [0.25, 0.3) is 5.91 Å². The summed E-state index contributed by atoms with van der Waals surface area (Å²) in [5, 5.41) is 5.21. The van der Waals surface area contributed by atoms with Gasteiger partial charge in [-0.25, -0.2) is 0 Å². The number of pyridine rings is 1. The highest BCUT2D eigenvalue weighted by atomic mass is 16.2. The summed E-state index contributed by atoms with van der Waals surface area (Å²) in [7, 11) is 3.07. The van der Waals surface area contributed by atoms with E-state index in [0.717, 1.165) is 0 Å². The Kier molecular flexibility index (Phi) is 4.73. The molecule has 114 valence electrons. The van der Waals surface area contributed by atoms with Gasteiger partial charge in [0.15, 0.2) is 0 Å². The van der Waals surface area contributed by atoms with Gasteiger partial charge in [-0.3, -0.25) is 14.4 Å². The third kappa shape index (κ3) is 3.41. The highest BCUT2D eigenvalue weighted by molar-refractivity contribution is 5.97. The minimum atomic E-state index is -0.795. The van der Waals surface area contributed by atoms with Crippen LogP contribution in [0.25, 0.3) is 0 Å². The van der Waals surface area contributed by atoms with Gasteiger partial charge < -0.3 is 15.2 Å². The third-order valence-electron chi connectivity index (χ3n) is 3.26. The average Bonchev–Trinajstić information content (AvgIpc) is 2.55. The molecular weight excluding hydrogens is 282 g/mol. The summed E-state index contributed by atoms with van der Waals surface area (Å²) in [6.07, 6.45) is 1.43. The molecule has 2 N–H and O–H groups in total. The Hall–Kier alpha value is -2.89. The number of carbonyl (C=O) groups is 2. The van der Waals surface area contributed by atoms with E-state index < -0.39 is 11.9 Å². The summed E-state index contributed by atoms with van der Waals surface area (Å²) < 4.78 is 1.31. The lowest BCUT2D eigenvalue weighted by Crippen LogP contribution is -2.39. The molecule has 0 radical (unpaired) electrons. The van der Waals surface area contributed by atoms with Gasteiger partial charge in [-0.05, 0) is 11.6 Å². The van der Waals surface area contributed by atoms with Gasteiger partial charge in [0, 0.05) is 26.4 Å². The Bertz CT molecular complexity index is 738. The second kappa shape index (κ2) is 6.71. The van der Waals surface area contributed by atoms with Crippen molar-refractivity contribution in [2.75, 3.05) is 7.05 Å². The lowest BCUT2D eigenvalue weighted by molar-refractivity contribution is -0.122. The predicted octanol–water partition coefficient (Wildman–Crippen LogP) is 0.602. The molecule has 1 aromatic carbocycles. The zero-order valence-corrected chi connectivity index (χ0v) is 12.4. The smallest absolute Gasteiger partial charge is 0.253 e. The number of rotatable bonds is 4. The number of likely N-dealkylation sites (N-methyl/N-ethyl adjacent to an activating group) is 1. The van der Waals surface area contributed by atoms with Gasteiger partial charge in [0.2, 0.25) is 11.5 Å². The number of nitrogens with one attached hydrogen (secondary N) is 2. The maximum atomic E-state index is 12.3. The van der Waals surface area contributed by atoms with Crippen molar-refractivity contribution in [3.05, 3.63) is 70.1 Å². The summed E-state index contributed by atoms with van der Waals surface area (Å²) in [4.78, 5) is 35.7. The van der Waals surface area contributed by atoms with E-state index in [4.69, 9.17) is 0 Å². The molecule has 0 fully saturated rings. The molecule has 6 heteroatoms. The summed E-state index contributed by atoms with van der Waals surface area (Å²) >= 11 is 0. The van der Waals surface area contributed by atoms with Crippen molar-refractivity contribution < 1.29 is 9.59 Å². The fourth-order valence-corrected chi connectivity index (χ4v) is 2.03. The molecule has 0 aliphatic carbocycles. The molecule has 2 amide bonds. The van der Waals surface area contributed by atoms with Crippen LogP contribution in [0.3, 0.4) is 0 Å². The van der Waals surface area contributed by atoms with Crippen LogP contribution < -0.4 is 16.2 Å². The summed E-state index contributed by atoms with van der Waals surface area (Å²) in [5.74, 6) is -0.738. The molecule has 2 rings (SSSR count). The van der Waals surface area contributed by atoms with Gasteiger partial charge in [-0.1, -0.05) is 30.3 Å². The summed E-state index contributed by atoms with van der Waals surface area (Å²) in [6, 6.07) is 10.9. The third-order valence-corrected chi connectivity index (χ3v) is 3.26. The molecule has 1 aromatic heterocycles. The minimum absolute atomic E-state index is 0.206. The highest BCUT2D eigenvalue weighted by Gasteiger charge is 2.22. The second-order valence-corrected chi connectivity index (χ2v) is 4.80. The number of benzene rings is 1. The molecule has 22 heavy (non-hydrogen) atoms. The first-order valence-corrected chi connectivity index (χ1v) is 6.77. The molecule has 6 nitrogen and oxygen atoms in total. The molecule has 0 spiro atoms. The van der Waals surface area contributed by atoms with Crippen LogP contribution in [0.2, 0.25) is 0 Å². The van der Waals surface area contributed by atoms with Gasteiger partial charge >= 0.3 is 0 Å². The SMILES string of the molecule is CNC(=O)[C@@H](NC(=O)c1ccc(=O)n(C)c1)c1ccccc1. The molecule has 2 aromatic rings. The van der Waals surface area contributed by atoms with Crippen molar-refractivity contribution in [2.45, 2.75) is 6.04 Å². The highest BCUT2D eigenvalue weighted by Crippen LogP contribution is 2.13. The van der Waals surface area contributed by atoms with Crippen LogP contribution in [0.4, 0.5) is 0 Å². The van der Waals surface area contributed by atoms with Crippen LogP contribution in [0.5, 0.6) is 0 Å². The van der Waals surface area contributed by atoms with Gasteiger partial charge in [-0.15, -0.1) is 0 Å². The molecule has 0 bridgehead atoms. The number of hydrogen-bond acceptors (Lipinski definition) is 3. The predicted molar refractivity (Wildman–Crippen MR) is 82.4 cm³/mol. The zero-order chi connectivity index (χ0) is 16.1. The molecular formula is C16H17N3O3. The van der Waals surface area contributed by atoms with Gasteiger partial charge in [0.1, 0.15) is 6.04 Å². The standard InChI is InChI=1S/C16H17N3O3/c1-17-16(22)14(11-6-4-3-5-7-11)18-15(21)12-8-9-13(20)19(2)10-12/h3-10,14H,1-2H3,(H,17,22)(H,18,21)/t14-/m0/s1. The van der Waals surface area contributed by atoms with E-state index in [0.29, 0.717) is 11.1 Å². The lowest BCUT2D eigenvalue weighted by Gasteiger charge is -2.17. The first-order valence-electron chi connectivity index (χ1n) is 6.77. The van der Waals surface area contributed by atoms with E-state index in [-0.39, 0.29) is 11.5 Å². The van der Waals surface area contributed by atoms with Crippen LogP contribution in [-0.2, 0) is 11.8 Å². The van der Waals surface area contributed by atoms with Crippen molar-refractivity contribution in [3.63, 3.8) is 0 Å². The first-order chi connectivity index (χ1) is 10.5. The van der Waals surface area contributed by atoms with Crippen molar-refractivity contribution in [1.82, 2.24) is 15.2 Å². The van der Waals surface area contributed by atoms with Crippen LogP contribution >= 0.6 is 0 Å². The molecule has 1 atom stereocenters. The van der Waals surface area contributed by atoms with Gasteiger partial charge in [-0.2, -0.15) is 0 Å². The second-order valence-electron chi connectivity index (χ2n) is 4.80. The zero-order valence-electron chi connectivity index (χ0n) is 12.4. The lowest BCUT2D eigenvalue weighted by atomic mass is 10.1. The maximum Gasteiger partial charge on any atom is 0.253 e. The van der Waals surface area contributed by atoms with E-state index in [9.17, 15) is 14.4 Å². The Labute approximate surface area is 127 Å². The quantitative estimate of drug-likeness (QED) is 0.867. The van der Waals surface area contributed by atoms with Crippen molar-refractivity contribution in [1.29, 1.82) is 0 Å². The normalized spacial score (nSPS) is 11.5. The van der Waals surface area contributed by atoms with Gasteiger partial charge in [0.05, 0.1) is 5.56 Å². The van der Waals surface area contributed by atoms with E-state index in [1.807, 2.05) is 6.07 Å². The van der Waals surface area contributed by atoms with E-state index >= 15 is 0 Å². The maximum absolute atomic E-state index is 12.3. The number of aryl methyl sites for hydroxylation is 1. The molecule has 0 saturated carbocycles. The molecule has 0 aliphatic heterocycles. The monoisotopic (exact) mass is 299 g/mol. The van der Waals surface area contributed by atoms with E-state index in [1.165, 1.54) is 29.9 Å². The average molecular weight is 299 g/mol. The van der Waals surface area contributed by atoms with Crippen LogP contribution in [0, 0.1) is 0 Å². The number of aromatic nitrogens is 1. The van der Waals surface area contributed by atoms with Crippen LogP contribution in [-0.4, -0.2) is 23.4 Å². The topological polar surface area (TPSA) is 80.2 Å². The van der Waals surface area contributed by atoms with Crippen LogP contribution in [0.1, 0.15) is 22.0 Å². The Morgan fingerprint density at radius 3 is 2.36 bits per heavy atom. The first kappa shape index (κ1) is 15.5. The largest absolute Gasteiger partial charge is 0.357 e. The summed E-state index contributed by atoms with van der Waals surface area (Å²) in [5.41, 5.74) is 0.786. The number of hydrogen-bond donors (Lipinski definition) is 2. The fourth-order valence-electron chi connectivity index (χ4n) is 2.03. The van der Waals surface area contributed by atoms with E-state index in [2.05, 4.69) is 10.6 Å². The fraction of sp³-hybridized carbons (Fsp3) is 0.188. The number of nitrogens with zero attached hydrogens (tertiary/aromatic N) is 1. The van der Waals surface area contributed by atoms with Crippen molar-refractivity contribution >= 4 is 11.8 Å². The van der Waals surface area contributed by atoms with Crippen molar-refractivity contribution in [3.8, 4) is 0 Å². The molecule has 0 aliphatic rings. The minimum Gasteiger partial charge on any atom is -0.357 e. The molecule has 0 unspecified atom stereocenters. The molecule has 1 heterocycles. The Balaban J connectivity index is 2.27. The number of carbonyl (C=O) groups excluding carboxylic acids is 2.